The summed E-state index contributed by atoms with van der Waals surface area (Å²) in [7, 11) is 2.07. The van der Waals surface area contributed by atoms with E-state index in [4.69, 9.17) is 0 Å². The van der Waals surface area contributed by atoms with E-state index in [1.165, 1.54) is 16.3 Å². The van der Waals surface area contributed by atoms with E-state index < -0.39 is 0 Å². The van der Waals surface area contributed by atoms with E-state index >= 15 is 0 Å². The predicted molar refractivity (Wildman–Crippen MR) is 108 cm³/mol. The number of nitrogens with zero attached hydrogens (tertiary/aromatic N) is 1. The van der Waals surface area contributed by atoms with Gasteiger partial charge in [0.2, 0.25) is 5.69 Å². The van der Waals surface area contributed by atoms with Crippen LogP contribution in [0.4, 0.5) is 4.39 Å². The molecule has 1 heterocycles. The maximum Gasteiger partial charge on any atom is 0.220 e. The van der Waals surface area contributed by atoms with Crippen LogP contribution in [0.3, 0.4) is 0 Å². The zero-order valence-corrected chi connectivity index (χ0v) is 16.8. The van der Waals surface area contributed by atoms with Crippen LogP contribution in [0, 0.1) is 26.6 Å². The molecule has 0 N–H and O–H groups in total. The van der Waals surface area contributed by atoms with Gasteiger partial charge in [-0.15, -0.1) is 0 Å². The molecular weight excluding hydrogens is 321 g/mol. The number of halogens is 1. The Morgan fingerprint density at radius 3 is 2.31 bits per heavy atom. The molecule has 0 saturated heterocycles. The SMILES string of the molecule is CCC(CC)c1ccc2c(-c3cc(C)c(F)c(C)c3C)[n+](C)ccc2c1. The van der Waals surface area contributed by atoms with Gasteiger partial charge in [0.05, 0.1) is 10.9 Å². The van der Waals surface area contributed by atoms with Gasteiger partial charge in [0, 0.05) is 6.07 Å². The van der Waals surface area contributed by atoms with E-state index in [0.717, 1.165) is 35.2 Å². The zero-order valence-electron chi connectivity index (χ0n) is 16.8. The van der Waals surface area contributed by atoms with E-state index in [1.54, 1.807) is 0 Å². The Hall–Kier alpha value is -2.22. The Kier molecular flexibility index (Phi) is 5.13. The van der Waals surface area contributed by atoms with Crippen LogP contribution < -0.4 is 4.57 Å². The second kappa shape index (κ2) is 7.19. The largest absolute Gasteiger partial charge is 0.220 e. The molecule has 0 aliphatic carbocycles. The predicted octanol–water partition coefficient (Wildman–Crippen LogP) is 6.30. The first-order chi connectivity index (χ1) is 12.4. The number of pyridine rings is 1. The zero-order chi connectivity index (χ0) is 19.0. The molecule has 0 spiro atoms. The lowest BCUT2D eigenvalue weighted by Crippen LogP contribution is -2.31. The van der Waals surface area contributed by atoms with Crippen LogP contribution in [-0.2, 0) is 7.05 Å². The van der Waals surface area contributed by atoms with Crippen LogP contribution in [0.5, 0.6) is 0 Å². The summed E-state index contributed by atoms with van der Waals surface area (Å²) in [5.41, 5.74) is 6.14. The summed E-state index contributed by atoms with van der Waals surface area (Å²) in [5.74, 6) is 0.513. The minimum absolute atomic E-state index is 0.0924. The topological polar surface area (TPSA) is 3.88 Å². The maximum absolute atomic E-state index is 14.3. The van der Waals surface area contributed by atoms with Gasteiger partial charge >= 0.3 is 0 Å². The van der Waals surface area contributed by atoms with Crippen molar-refractivity contribution in [3.63, 3.8) is 0 Å². The van der Waals surface area contributed by atoms with Crippen molar-refractivity contribution in [3.8, 4) is 11.3 Å². The molecule has 3 rings (SSSR count). The summed E-state index contributed by atoms with van der Waals surface area (Å²) in [4.78, 5) is 0. The fourth-order valence-corrected chi connectivity index (χ4v) is 4.04. The summed E-state index contributed by atoms with van der Waals surface area (Å²) < 4.78 is 16.5. The molecule has 136 valence electrons. The average Bonchev–Trinajstić information content (AvgIpc) is 2.64. The number of aromatic nitrogens is 1. The Labute approximate surface area is 156 Å². The smallest absolute Gasteiger partial charge is 0.206 e. The molecule has 0 amide bonds. The van der Waals surface area contributed by atoms with Crippen LogP contribution in [0.25, 0.3) is 22.0 Å². The van der Waals surface area contributed by atoms with Gasteiger partial charge in [-0.1, -0.05) is 26.0 Å². The van der Waals surface area contributed by atoms with Crippen molar-refractivity contribution >= 4 is 10.8 Å². The highest BCUT2D eigenvalue weighted by molar-refractivity contribution is 5.94. The number of hydrogen-bond donors (Lipinski definition) is 0. The lowest BCUT2D eigenvalue weighted by atomic mass is 9.90. The second-order valence-corrected chi connectivity index (χ2v) is 7.44. The van der Waals surface area contributed by atoms with Crippen molar-refractivity contribution in [1.29, 1.82) is 0 Å². The molecule has 0 fully saturated rings. The minimum atomic E-state index is -0.0924. The first kappa shape index (κ1) is 18.6. The molecular formula is C24H29FN+. The third-order valence-corrected chi connectivity index (χ3v) is 5.88. The van der Waals surface area contributed by atoms with Crippen LogP contribution in [0.1, 0.15) is 54.9 Å². The van der Waals surface area contributed by atoms with Crippen molar-refractivity contribution in [2.24, 2.45) is 7.05 Å². The third kappa shape index (κ3) is 3.02. The Morgan fingerprint density at radius 1 is 0.962 bits per heavy atom. The number of benzene rings is 2. The van der Waals surface area contributed by atoms with Gasteiger partial charge in [0.25, 0.3) is 0 Å². The van der Waals surface area contributed by atoms with E-state index in [0.29, 0.717) is 11.5 Å². The lowest BCUT2D eigenvalue weighted by Gasteiger charge is -2.15. The molecule has 0 unspecified atom stereocenters. The van der Waals surface area contributed by atoms with Gasteiger partial charge < -0.3 is 0 Å². The van der Waals surface area contributed by atoms with Gasteiger partial charge in [-0.3, -0.25) is 0 Å². The normalized spacial score (nSPS) is 11.5. The molecule has 26 heavy (non-hydrogen) atoms. The van der Waals surface area contributed by atoms with Gasteiger partial charge in [-0.2, -0.15) is 0 Å². The molecule has 0 atom stereocenters. The standard InChI is InChI=1S/C24H29FN/c1-7-18(8-2)19-9-10-21-20(14-19)11-12-26(6)24(21)22-13-15(3)23(25)17(5)16(22)4/h9-14,18H,7-8H2,1-6H3/q+1. The van der Waals surface area contributed by atoms with Crippen molar-refractivity contribution in [2.45, 2.75) is 53.4 Å². The fourth-order valence-electron chi connectivity index (χ4n) is 4.04. The van der Waals surface area contributed by atoms with Gasteiger partial charge in [0.1, 0.15) is 12.9 Å². The lowest BCUT2D eigenvalue weighted by molar-refractivity contribution is -0.659. The highest BCUT2D eigenvalue weighted by Crippen LogP contribution is 2.33. The number of rotatable bonds is 4. The van der Waals surface area contributed by atoms with E-state index in [-0.39, 0.29) is 5.82 Å². The minimum Gasteiger partial charge on any atom is -0.206 e. The number of fused-ring (bicyclic) bond motifs is 1. The molecule has 0 saturated carbocycles. The molecule has 1 aromatic heterocycles. The molecule has 2 aromatic carbocycles. The molecule has 0 aliphatic rings. The summed E-state index contributed by atoms with van der Waals surface area (Å²) >= 11 is 0. The number of aryl methyl sites for hydroxylation is 2. The average molecular weight is 351 g/mol. The molecule has 3 aromatic rings. The van der Waals surface area contributed by atoms with Crippen LogP contribution in [0.2, 0.25) is 0 Å². The third-order valence-electron chi connectivity index (χ3n) is 5.88. The van der Waals surface area contributed by atoms with Gasteiger partial charge in [-0.25, -0.2) is 8.96 Å². The van der Waals surface area contributed by atoms with Crippen molar-refractivity contribution in [3.05, 3.63) is 64.6 Å². The molecule has 0 radical (unpaired) electrons. The van der Waals surface area contributed by atoms with E-state index in [9.17, 15) is 4.39 Å². The second-order valence-electron chi connectivity index (χ2n) is 7.44. The Balaban J connectivity index is 2.29. The summed E-state index contributed by atoms with van der Waals surface area (Å²) in [6.45, 7) is 10.2. The van der Waals surface area contributed by atoms with Crippen LogP contribution in [-0.4, -0.2) is 0 Å². The quantitative estimate of drug-likeness (QED) is 0.486. The van der Waals surface area contributed by atoms with E-state index in [2.05, 4.69) is 55.9 Å². The highest BCUT2D eigenvalue weighted by Gasteiger charge is 2.21. The van der Waals surface area contributed by atoms with Crippen LogP contribution in [0.15, 0.2) is 36.5 Å². The molecule has 0 aliphatic heterocycles. The van der Waals surface area contributed by atoms with Gasteiger partial charge in [-0.05, 0) is 79.3 Å². The molecule has 1 nitrogen and oxygen atoms in total. The molecule has 2 heteroatoms. The van der Waals surface area contributed by atoms with Gasteiger partial charge in [0.15, 0.2) is 6.20 Å². The fraction of sp³-hybridized carbons (Fsp3) is 0.375. The summed E-state index contributed by atoms with van der Waals surface area (Å²) in [6.07, 6.45) is 4.43. The summed E-state index contributed by atoms with van der Waals surface area (Å²) in [6, 6.07) is 11.0. The number of hydrogen-bond acceptors (Lipinski definition) is 0. The first-order valence-corrected chi connectivity index (χ1v) is 9.57. The van der Waals surface area contributed by atoms with Crippen molar-refractivity contribution < 1.29 is 8.96 Å². The molecule has 0 bridgehead atoms. The summed E-state index contributed by atoms with van der Waals surface area (Å²) in [5, 5.41) is 2.47. The van der Waals surface area contributed by atoms with Crippen molar-refractivity contribution in [2.75, 3.05) is 0 Å². The first-order valence-electron chi connectivity index (χ1n) is 9.57. The monoisotopic (exact) mass is 350 g/mol. The van der Waals surface area contributed by atoms with E-state index in [1.807, 2.05) is 26.8 Å². The van der Waals surface area contributed by atoms with Crippen LogP contribution >= 0.6 is 0 Å². The Bertz CT molecular complexity index is 968. The Morgan fingerprint density at radius 2 is 1.65 bits per heavy atom. The maximum atomic E-state index is 14.3. The van der Waals surface area contributed by atoms with Crippen molar-refractivity contribution in [1.82, 2.24) is 0 Å². The highest BCUT2D eigenvalue weighted by atomic mass is 19.1.